The molecule has 0 amide bonds. The number of aromatic nitrogens is 5. The lowest BCUT2D eigenvalue weighted by atomic mass is 10.0. The Kier molecular flexibility index (Phi) is 2.98. The molecule has 0 aliphatic carbocycles. The van der Waals surface area contributed by atoms with Crippen molar-refractivity contribution in [2.24, 2.45) is 0 Å². The standard InChI is InChI=1S/C15H10N6O3/c16-13-14(19-24-18-13)21-12(11(15(22)23)17-20-21)10-7-3-5-8-4-1-2-6-9(8)10/h1-7H,(H2,16,18)(H,22,23). The van der Waals surface area contributed by atoms with E-state index in [4.69, 9.17) is 5.73 Å². The molecule has 2 aromatic heterocycles. The fraction of sp³-hybridized carbons (Fsp3) is 0. The zero-order chi connectivity index (χ0) is 16.7. The molecule has 2 aromatic carbocycles. The number of aromatic carboxylic acids is 1. The van der Waals surface area contributed by atoms with Crippen LogP contribution >= 0.6 is 0 Å². The normalized spacial score (nSPS) is 11.0. The molecule has 0 saturated carbocycles. The van der Waals surface area contributed by atoms with Crippen LogP contribution in [0.1, 0.15) is 10.5 Å². The summed E-state index contributed by atoms with van der Waals surface area (Å²) in [6.45, 7) is 0. The Bertz CT molecular complexity index is 1060. The lowest BCUT2D eigenvalue weighted by Gasteiger charge is -2.08. The van der Waals surface area contributed by atoms with E-state index in [1.807, 2.05) is 36.4 Å². The largest absolute Gasteiger partial charge is 0.476 e. The van der Waals surface area contributed by atoms with E-state index in [0.717, 1.165) is 10.8 Å². The van der Waals surface area contributed by atoms with E-state index in [0.29, 0.717) is 5.56 Å². The van der Waals surface area contributed by atoms with Crippen molar-refractivity contribution in [1.29, 1.82) is 0 Å². The van der Waals surface area contributed by atoms with E-state index < -0.39 is 5.97 Å². The van der Waals surface area contributed by atoms with Gasteiger partial charge in [0.05, 0.1) is 0 Å². The van der Waals surface area contributed by atoms with Crippen molar-refractivity contribution >= 4 is 22.6 Å². The number of carboxylic acid groups (broad SMARTS) is 1. The van der Waals surface area contributed by atoms with E-state index in [-0.39, 0.29) is 23.0 Å². The molecule has 0 fully saturated rings. The van der Waals surface area contributed by atoms with Crippen molar-refractivity contribution in [3.05, 3.63) is 48.2 Å². The first-order valence-electron chi connectivity index (χ1n) is 6.92. The number of hydrogen-bond acceptors (Lipinski definition) is 7. The van der Waals surface area contributed by atoms with E-state index in [2.05, 4.69) is 25.3 Å². The summed E-state index contributed by atoms with van der Waals surface area (Å²) < 4.78 is 5.81. The number of carboxylic acids is 1. The maximum Gasteiger partial charge on any atom is 0.358 e. The van der Waals surface area contributed by atoms with Gasteiger partial charge in [0.25, 0.3) is 0 Å². The SMILES string of the molecule is Nc1nonc1-n1nnc(C(=O)O)c1-c1cccc2ccccc12. The summed E-state index contributed by atoms with van der Waals surface area (Å²) in [4.78, 5) is 11.6. The third kappa shape index (κ3) is 1.99. The zero-order valence-corrected chi connectivity index (χ0v) is 12.1. The van der Waals surface area contributed by atoms with Crippen molar-refractivity contribution in [1.82, 2.24) is 25.3 Å². The molecule has 0 atom stereocenters. The van der Waals surface area contributed by atoms with Crippen LogP contribution in [0, 0.1) is 0 Å². The molecule has 4 rings (SSSR count). The Balaban J connectivity index is 2.08. The van der Waals surface area contributed by atoms with Gasteiger partial charge in [-0.2, -0.15) is 4.68 Å². The molecule has 0 unspecified atom stereocenters. The van der Waals surface area contributed by atoms with Crippen LogP contribution in [0.4, 0.5) is 5.82 Å². The van der Waals surface area contributed by atoms with Gasteiger partial charge < -0.3 is 10.8 Å². The van der Waals surface area contributed by atoms with Crippen molar-refractivity contribution in [3.8, 4) is 17.1 Å². The summed E-state index contributed by atoms with van der Waals surface area (Å²) in [5, 5.41) is 26.1. The lowest BCUT2D eigenvalue weighted by Crippen LogP contribution is -2.05. The minimum Gasteiger partial charge on any atom is -0.476 e. The van der Waals surface area contributed by atoms with Crippen LogP contribution in [-0.4, -0.2) is 36.4 Å². The van der Waals surface area contributed by atoms with Gasteiger partial charge in [0.2, 0.25) is 11.6 Å². The van der Waals surface area contributed by atoms with E-state index in [9.17, 15) is 9.90 Å². The van der Waals surface area contributed by atoms with Gasteiger partial charge in [-0.1, -0.05) is 47.7 Å². The number of fused-ring (bicyclic) bond motifs is 1. The van der Waals surface area contributed by atoms with Crippen molar-refractivity contribution in [2.75, 3.05) is 5.73 Å². The van der Waals surface area contributed by atoms with E-state index >= 15 is 0 Å². The maximum absolute atomic E-state index is 11.6. The van der Waals surface area contributed by atoms with E-state index in [1.54, 1.807) is 6.07 Å². The molecule has 2 heterocycles. The molecule has 0 bridgehead atoms. The number of hydrogen-bond donors (Lipinski definition) is 2. The van der Waals surface area contributed by atoms with Crippen molar-refractivity contribution in [2.45, 2.75) is 0 Å². The average Bonchev–Trinajstić information content (AvgIpc) is 3.20. The Morgan fingerprint density at radius 1 is 1.12 bits per heavy atom. The molecule has 118 valence electrons. The van der Waals surface area contributed by atoms with Gasteiger partial charge in [-0.05, 0) is 21.1 Å². The van der Waals surface area contributed by atoms with Gasteiger partial charge in [-0.15, -0.1) is 5.10 Å². The van der Waals surface area contributed by atoms with Crippen molar-refractivity contribution in [3.63, 3.8) is 0 Å². The summed E-state index contributed by atoms with van der Waals surface area (Å²) >= 11 is 0. The minimum atomic E-state index is -1.21. The zero-order valence-electron chi connectivity index (χ0n) is 12.1. The first-order valence-corrected chi connectivity index (χ1v) is 6.92. The summed E-state index contributed by atoms with van der Waals surface area (Å²) in [7, 11) is 0. The maximum atomic E-state index is 11.6. The first-order chi connectivity index (χ1) is 11.7. The summed E-state index contributed by atoms with van der Waals surface area (Å²) in [5.41, 5.74) is 6.39. The number of benzene rings is 2. The Morgan fingerprint density at radius 3 is 2.67 bits per heavy atom. The molecule has 9 nitrogen and oxygen atoms in total. The Labute approximate surface area is 134 Å². The molecule has 0 spiro atoms. The molecular formula is C15H10N6O3. The third-order valence-corrected chi connectivity index (χ3v) is 3.61. The highest BCUT2D eigenvalue weighted by atomic mass is 16.6. The molecule has 0 saturated heterocycles. The van der Waals surface area contributed by atoms with Crippen LogP contribution in [0.3, 0.4) is 0 Å². The lowest BCUT2D eigenvalue weighted by molar-refractivity contribution is 0.0691. The van der Waals surface area contributed by atoms with Crippen LogP contribution in [0.15, 0.2) is 47.1 Å². The van der Waals surface area contributed by atoms with Gasteiger partial charge in [-0.25, -0.2) is 9.42 Å². The number of nitrogens with zero attached hydrogens (tertiary/aromatic N) is 5. The quantitative estimate of drug-likeness (QED) is 0.582. The third-order valence-electron chi connectivity index (χ3n) is 3.61. The highest BCUT2D eigenvalue weighted by Crippen LogP contribution is 2.32. The number of rotatable bonds is 3. The predicted molar refractivity (Wildman–Crippen MR) is 83.5 cm³/mol. The van der Waals surface area contributed by atoms with Crippen LogP contribution in [0.5, 0.6) is 0 Å². The topological polar surface area (TPSA) is 133 Å². The summed E-state index contributed by atoms with van der Waals surface area (Å²) in [6, 6.07) is 13.1. The highest BCUT2D eigenvalue weighted by Gasteiger charge is 2.25. The van der Waals surface area contributed by atoms with Crippen LogP contribution < -0.4 is 5.73 Å². The van der Waals surface area contributed by atoms with Gasteiger partial charge >= 0.3 is 5.97 Å². The van der Waals surface area contributed by atoms with Crippen LogP contribution in [0.2, 0.25) is 0 Å². The van der Waals surface area contributed by atoms with E-state index in [1.165, 1.54) is 4.68 Å². The van der Waals surface area contributed by atoms with Gasteiger partial charge in [-0.3, -0.25) is 0 Å². The fourth-order valence-electron chi connectivity index (χ4n) is 2.59. The molecular weight excluding hydrogens is 312 g/mol. The molecule has 0 aliphatic heterocycles. The second-order valence-electron chi connectivity index (χ2n) is 5.00. The molecule has 0 aliphatic rings. The fourth-order valence-corrected chi connectivity index (χ4v) is 2.59. The summed E-state index contributed by atoms with van der Waals surface area (Å²) in [6.07, 6.45) is 0. The molecule has 9 heteroatoms. The molecule has 4 aromatic rings. The summed E-state index contributed by atoms with van der Waals surface area (Å²) in [5.74, 6) is -1.14. The number of carbonyl (C=O) groups is 1. The van der Waals surface area contributed by atoms with Gasteiger partial charge in [0.1, 0.15) is 5.69 Å². The predicted octanol–water partition coefficient (Wildman–Crippen LogP) is 1.75. The minimum absolute atomic E-state index is 0.0154. The average molecular weight is 322 g/mol. The second-order valence-corrected chi connectivity index (χ2v) is 5.00. The molecule has 3 N–H and O–H groups in total. The first kappa shape index (κ1) is 13.9. The van der Waals surface area contributed by atoms with Crippen molar-refractivity contribution < 1.29 is 14.5 Å². The monoisotopic (exact) mass is 322 g/mol. The number of nitrogens with two attached hydrogens (primary N) is 1. The molecule has 0 radical (unpaired) electrons. The van der Waals surface area contributed by atoms with Crippen LogP contribution in [0.25, 0.3) is 27.8 Å². The Morgan fingerprint density at radius 2 is 1.92 bits per heavy atom. The smallest absolute Gasteiger partial charge is 0.358 e. The van der Waals surface area contributed by atoms with Crippen LogP contribution in [-0.2, 0) is 0 Å². The van der Waals surface area contributed by atoms with Gasteiger partial charge in [0, 0.05) is 5.56 Å². The molecule has 24 heavy (non-hydrogen) atoms. The number of anilines is 1. The highest BCUT2D eigenvalue weighted by molar-refractivity contribution is 6.01. The number of nitrogen functional groups attached to an aromatic ring is 1. The Hall–Kier alpha value is -3.75. The second kappa shape index (κ2) is 5.16. The van der Waals surface area contributed by atoms with Gasteiger partial charge in [0.15, 0.2) is 5.69 Å².